The Labute approximate surface area is 171 Å². The van der Waals surface area contributed by atoms with Crippen molar-refractivity contribution in [1.29, 1.82) is 0 Å². The number of amides is 1. The minimum absolute atomic E-state index is 0.00858. The molecule has 0 aliphatic carbocycles. The van der Waals surface area contributed by atoms with Gasteiger partial charge in [0, 0.05) is 29.2 Å². The van der Waals surface area contributed by atoms with E-state index in [1.807, 2.05) is 0 Å². The number of aromatic nitrogens is 1. The first kappa shape index (κ1) is 18.9. The van der Waals surface area contributed by atoms with Crippen molar-refractivity contribution >= 4 is 29.2 Å². The highest BCUT2D eigenvalue weighted by Gasteiger charge is 2.34. The number of phenols is 1. The second-order valence-corrected chi connectivity index (χ2v) is 7.13. The highest BCUT2D eigenvalue weighted by Crippen LogP contribution is 2.43. The molecule has 1 aliphatic heterocycles. The van der Waals surface area contributed by atoms with Gasteiger partial charge in [0.2, 0.25) is 5.91 Å². The number of benzene rings is 2. The van der Waals surface area contributed by atoms with Crippen LogP contribution in [-0.4, -0.2) is 33.8 Å². The van der Waals surface area contributed by atoms with Crippen molar-refractivity contribution in [2.75, 3.05) is 12.4 Å². The van der Waals surface area contributed by atoms with Crippen molar-refractivity contribution in [1.82, 2.24) is 4.57 Å². The summed E-state index contributed by atoms with van der Waals surface area (Å²) in [5.41, 5.74) is 2.24. The van der Waals surface area contributed by atoms with Gasteiger partial charge in [-0.05, 0) is 42.0 Å². The fraction of sp³-hybridized carbons (Fsp3) is 0.143. The summed E-state index contributed by atoms with van der Waals surface area (Å²) in [4.78, 5) is 24.2. The molecular weight excluding hydrogens is 396 g/mol. The maximum Gasteiger partial charge on any atom is 0.339 e. The van der Waals surface area contributed by atoms with Crippen LogP contribution in [0.5, 0.6) is 11.5 Å². The molecule has 1 aliphatic rings. The van der Waals surface area contributed by atoms with E-state index in [0.717, 1.165) is 0 Å². The number of rotatable bonds is 4. The van der Waals surface area contributed by atoms with Gasteiger partial charge in [-0.15, -0.1) is 0 Å². The number of halogens is 1. The number of carboxylic acid groups (broad SMARTS) is 1. The molecular formula is C21H17ClN2O5. The number of methoxy groups -OCH3 is 1. The topological polar surface area (TPSA) is 101 Å². The van der Waals surface area contributed by atoms with E-state index in [9.17, 15) is 19.8 Å². The zero-order chi connectivity index (χ0) is 20.7. The first-order valence-electron chi connectivity index (χ1n) is 8.80. The number of carbonyl (C=O) groups excluding carboxylic acids is 1. The lowest BCUT2D eigenvalue weighted by Gasteiger charge is -2.26. The smallest absolute Gasteiger partial charge is 0.339 e. The summed E-state index contributed by atoms with van der Waals surface area (Å²) in [6.07, 6.45) is 1.59. The van der Waals surface area contributed by atoms with Gasteiger partial charge in [0.25, 0.3) is 0 Å². The Morgan fingerprint density at radius 3 is 2.59 bits per heavy atom. The van der Waals surface area contributed by atoms with Crippen LogP contribution in [0.15, 0.2) is 48.7 Å². The Morgan fingerprint density at radius 2 is 1.97 bits per heavy atom. The standard InChI is InChI=1S/C21H17ClN2O5/c1-29-17-7-2-11(8-16(17)25)14-9-18(26)23-19-15(21(27)28)10-24(20(14)19)13-5-3-12(22)4-6-13/h2-8,10,14,25H,9H2,1H3,(H,23,26)(H,27,28). The summed E-state index contributed by atoms with van der Waals surface area (Å²) in [7, 11) is 1.45. The molecule has 0 saturated heterocycles. The molecule has 29 heavy (non-hydrogen) atoms. The molecule has 1 atom stereocenters. The maximum absolute atomic E-state index is 12.4. The number of phenolic OH excluding ortho intramolecular Hbond substituents is 1. The zero-order valence-corrected chi connectivity index (χ0v) is 16.1. The molecule has 3 N–H and O–H groups in total. The monoisotopic (exact) mass is 412 g/mol. The molecule has 8 heteroatoms. The lowest BCUT2D eigenvalue weighted by atomic mass is 9.88. The molecule has 2 aromatic carbocycles. The second kappa shape index (κ2) is 7.18. The van der Waals surface area contributed by atoms with Gasteiger partial charge in [-0.3, -0.25) is 4.79 Å². The van der Waals surface area contributed by atoms with E-state index in [1.54, 1.807) is 41.0 Å². The van der Waals surface area contributed by atoms with Crippen LogP contribution in [0, 0.1) is 0 Å². The lowest BCUT2D eigenvalue weighted by molar-refractivity contribution is -0.116. The van der Waals surface area contributed by atoms with Crippen molar-refractivity contribution in [3.05, 3.63) is 70.5 Å². The van der Waals surface area contributed by atoms with Gasteiger partial charge in [-0.2, -0.15) is 0 Å². The van der Waals surface area contributed by atoms with Crippen LogP contribution in [0.4, 0.5) is 5.69 Å². The van der Waals surface area contributed by atoms with E-state index in [1.165, 1.54) is 19.4 Å². The van der Waals surface area contributed by atoms with Crippen LogP contribution < -0.4 is 10.1 Å². The Balaban J connectivity index is 1.94. The Kier molecular flexibility index (Phi) is 4.68. The molecule has 4 rings (SSSR count). The van der Waals surface area contributed by atoms with Crippen molar-refractivity contribution in [3.8, 4) is 17.2 Å². The normalized spacial score (nSPS) is 15.5. The Bertz CT molecular complexity index is 1120. The molecule has 0 bridgehead atoms. The van der Waals surface area contributed by atoms with Crippen molar-refractivity contribution in [2.24, 2.45) is 0 Å². The summed E-state index contributed by atoms with van der Waals surface area (Å²) in [6, 6.07) is 11.9. The predicted molar refractivity (Wildman–Crippen MR) is 107 cm³/mol. The van der Waals surface area contributed by atoms with Gasteiger partial charge in [-0.25, -0.2) is 4.79 Å². The molecule has 0 saturated carbocycles. The van der Waals surface area contributed by atoms with E-state index in [0.29, 0.717) is 27.7 Å². The number of carboxylic acids is 1. The fourth-order valence-electron chi connectivity index (χ4n) is 3.64. The molecule has 1 unspecified atom stereocenters. The molecule has 7 nitrogen and oxygen atoms in total. The number of ether oxygens (including phenoxy) is 1. The molecule has 1 aromatic heterocycles. The maximum atomic E-state index is 12.4. The van der Waals surface area contributed by atoms with Crippen molar-refractivity contribution in [2.45, 2.75) is 12.3 Å². The molecule has 3 aromatic rings. The van der Waals surface area contributed by atoms with Gasteiger partial charge in [0.05, 0.1) is 18.5 Å². The van der Waals surface area contributed by atoms with Crippen LogP contribution in [0.25, 0.3) is 5.69 Å². The average molecular weight is 413 g/mol. The number of carbonyl (C=O) groups is 2. The Morgan fingerprint density at radius 1 is 1.24 bits per heavy atom. The van der Waals surface area contributed by atoms with E-state index in [4.69, 9.17) is 16.3 Å². The second-order valence-electron chi connectivity index (χ2n) is 6.69. The van der Waals surface area contributed by atoms with Gasteiger partial charge < -0.3 is 24.8 Å². The number of aromatic carboxylic acids is 1. The number of nitrogens with zero attached hydrogens (tertiary/aromatic N) is 1. The van der Waals surface area contributed by atoms with Crippen LogP contribution in [0.3, 0.4) is 0 Å². The average Bonchev–Trinajstić information content (AvgIpc) is 3.07. The van der Waals surface area contributed by atoms with Gasteiger partial charge in [0.1, 0.15) is 5.56 Å². The number of nitrogens with one attached hydrogen (secondary N) is 1. The number of anilines is 1. The molecule has 0 spiro atoms. The Hall–Kier alpha value is -3.45. The highest BCUT2D eigenvalue weighted by atomic mass is 35.5. The van der Waals surface area contributed by atoms with Gasteiger partial charge in [-0.1, -0.05) is 17.7 Å². The molecule has 1 amide bonds. The molecule has 2 heterocycles. The van der Waals surface area contributed by atoms with Crippen LogP contribution >= 0.6 is 11.6 Å². The number of fused-ring (bicyclic) bond motifs is 1. The number of aromatic hydroxyl groups is 1. The molecule has 0 radical (unpaired) electrons. The lowest BCUT2D eigenvalue weighted by Crippen LogP contribution is -2.25. The number of hydrogen-bond acceptors (Lipinski definition) is 4. The SMILES string of the molecule is COc1ccc(C2CC(=O)Nc3c(C(=O)O)cn(-c4ccc(Cl)cc4)c32)cc1O. The molecule has 148 valence electrons. The minimum Gasteiger partial charge on any atom is -0.504 e. The minimum atomic E-state index is -1.15. The number of hydrogen-bond donors (Lipinski definition) is 3. The zero-order valence-electron chi connectivity index (χ0n) is 15.3. The fourth-order valence-corrected chi connectivity index (χ4v) is 3.77. The van der Waals surface area contributed by atoms with E-state index in [2.05, 4.69) is 5.32 Å². The van der Waals surface area contributed by atoms with Crippen molar-refractivity contribution < 1.29 is 24.5 Å². The molecule has 0 fully saturated rings. The van der Waals surface area contributed by atoms with Gasteiger partial charge in [0.15, 0.2) is 11.5 Å². The van der Waals surface area contributed by atoms with E-state index < -0.39 is 11.9 Å². The third-order valence-corrected chi connectivity index (χ3v) is 5.22. The van der Waals surface area contributed by atoms with Gasteiger partial charge >= 0.3 is 5.97 Å². The summed E-state index contributed by atoms with van der Waals surface area (Å²) in [5, 5.41) is 23.1. The first-order valence-corrected chi connectivity index (χ1v) is 9.18. The van der Waals surface area contributed by atoms with Crippen LogP contribution in [0.1, 0.15) is 34.0 Å². The predicted octanol–water partition coefficient (Wildman–Crippen LogP) is 4.02. The van der Waals surface area contributed by atoms with Crippen LogP contribution in [0.2, 0.25) is 5.02 Å². The summed E-state index contributed by atoms with van der Waals surface area (Å²) >= 11 is 5.99. The largest absolute Gasteiger partial charge is 0.504 e. The van der Waals surface area contributed by atoms with Crippen molar-refractivity contribution in [3.63, 3.8) is 0 Å². The van der Waals surface area contributed by atoms with Crippen LogP contribution in [-0.2, 0) is 4.79 Å². The summed E-state index contributed by atoms with van der Waals surface area (Å²) < 4.78 is 6.83. The quantitative estimate of drug-likeness (QED) is 0.601. The highest BCUT2D eigenvalue weighted by molar-refractivity contribution is 6.30. The summed E-state index contributed by atoms with van der Waals surface area (Å²) in [5.74, 6) is -1.64. The third kappa shape index (κ3) is 3.30. The first-order chi connectivity index (χ1) is 13.9. The van der Waals surface area contributed by atoms with E-state index in [-0.39, 0.29) is 29.3 Å². The summed E-state index contributed by atoms with van der Waals surface area (Å²) in [6.45, 7) is 0. The third-order valence-electron chi connectivity index (χ3n) is 4.97. The van der Waals surface area contributed by atoms with E-state index >= 15 is 0 Å².